The van der Waals surface area contributed by atoms with Crippen molar-refractivity contribution >= 4 is 27.6 Å². The lowest BCUT2D eigenvalue weighted by molar-refractivity contribution is 0.103. The molecule has 0 radical (unpaired) electrons. The summed E-state index contributed by atoms with van der Waals surface area (Å²) in [5, 5.41) is 0.597. The molecule has 1 aliphatic rings. The number of amides is 1. The molecular formula is C28H29N3O4S. The Morgan fingerprint density at radius 1 is 1.03 bits per heavy atom. The maximum Gasteiger partial charge on any atom is 0.410 e. The molecule has 0 atom stereocenters. The molecule has 0 unspecified atom stereocenters. The Balaban J connectivity index is 1.70. The highest BCUT2D eigenvalue weighted by atomic mass is 32.1. The summed E-state index contributed by atoms with van der Waals surface area (Å²) in [6.45, 7) is 7.61. The molecule has 0 aliphatic carbocycles. The number of nitrogens with zero attached hydrogens (tertiary/aromatic N) is 3. The van der Waals surface area contributed by atoms with Gasteiger partial charge in [-0.1, -0.05) is 54.1 Å². The van der Waals surface area contributed by atoms with Crippen LogP contribution in [0, 0.1) is 13.8 Å². The molecule has 0 spiro atoms. The van der Waals surface area contributed by atoms with E-state index in [-0.39, 0.29) is 23.9 Å². The standard InChI is InChI=1S/C28H29N3O4S/c1-4-35-28(34)29-13-12-22-23(17-29)36-26-24(22)25(32)30(15-20-8-6-5-7-9-20)27(33)31(26)16-21-14-18(2)10-11-19(21)3/h5-11,14H,4,12-13,15-17H2,1-3H3. The maximum absolute atomic E-state index is 13.8. The highest BCUT2D eigenvalue weighted by Crippen LogP contribution is 2.33. The minimum absolute atomic E-state index is 0.209. The predicted molar refractivity (Wildman–Crippen MR) is 142 cm³/mol. The number of thiophene rings is 1. The second-order valence-corrected chi connectivity index (χ2v) is 10.3. The lowest BCUT2D eigenvalue weighted by atomic mass is 10.0. The van der Waals surface area contributed by atoms with E-state index in [0.717, 1.165) is 32.7 Å². The van der Waals surface area contributed by atoms with Gasteiger partial charge in [-0.2, -0.15) is 0 Å². The van der Waals surface area contributed by atoms with Gasteiger partial charge in [0, 0.05) is 11.4 Å². The van der Waals surface area contributed by atoms with E-state index in [1.807, 2.05) is 44.2 Å². The highest BCUT2D eigenvalue weighted by Gasteiger charge is 2.29. The van der Waals surface area contributed by atoms with Crippen LogP contribution < -0.4 is 11.2 Å². The van der Waals surface area contributed by atoms with Gasteiger partial charge >= 0.3 is 11.8 Å². The molecule has 5 rings (SSSR count). The van der Waals surface area contributed by atoms with Crippen LogP contribution in [0.15, 0.2) is 58.1 Å². The van der Waals surface area contributed by atoms with Crippen molar-refractivity contribution < 1.29 is 9.53 Å². The van der Waals surface area contributed by atoms with Crippen molar-refractivity contribution in [3.63, 3.8) is 0 Å². The molecule has 36 heavy (non-hydrogen) atoms. The molecule has 3 heterocycles. The normalized spacial score (nSPS) is 13.1. The molecule has 1 aliphatic heterocycles. The fraction of sp³-hybridized carbons (Fsp3) is 0.321. The SMILES string of the molecule is CCOC(=O)N1CCc2c(sc3c2c(=O)n(Cc2ccccc2)c(=O)n3Cc2cc(C)ccc2C)C1. The number of aromatic nitrogens is 2. The number of carbonyl (C=O) groups is 1. The molecule has 0 saturated heterocycles. The third kappa shape index (κ3) is 4.37. The quantitative estimate of drug-likeness (QED) is 0.403. The topological polar surface area (TPSA) is 73.5 Å². The Morgan fingerprint density at radius 3 is 2.56 bits per heavy atom. The number of hydrogen-bond acceptors (Lipinski definition) is 5. The summed E-state index contributed by atoms with van der Waals surface area (Å²) in [6.07, 6.45) is 0.200. The van der Waals surface area contributed by atoms with Crippen LogP contribution in [-0.4, -0.2) is 33.3 Å². The van der Waals surface area contributed by atoms with Crippen LogP contribution in [0.3, 0.4) is 0 Å². The average Bonchev–Trinajstić information content (AvgIpc) is 3.26. The van der Waals surface area contributed by atoms with Crippen LogP contribution in [0.4, 0.5) is 4.79 Å². The minimum atomic E-state index is -0.352. The lowest BCUT2D eigenvalue weighted by Gasteiger charge is -2.25. The number of benzene rings is 2. The highest BCUT2D eigenvalue weighted by molar-refractivity contribution is 7.18. The van der Waals surface area contributed by atoms with E-state index in [0.29, 0.717) is 42.9 Å². The zero-order valence-electron chi connectivity index (χ0n) is 20.7. The number of carbonyl (C=O) groups excluding carboxylic acids is 1. The summed E-state index contributed by atoms with van der Waals surface area (Å²) in [6, 6.07) is 15.8. The summed E-state index contributed by atoms with van der Waals surface area (Å²) < 4.78 is 8.29. The summed E-state index contributed by atoms with van der Waals surface area (Å²) >= 11 is 1.44. The molecule has 4 aromatic rings. The number of aryl methyl sites for hydroxylation is 2. The van der Waals surface area contributed by atoms with Gasteiger partial charge in [-0.15, -0.1) is 11.3 Å². The molecule has 0 N–H and O–H groups in total. The first-order valence-corrected chi connectivity index (χ1v) is 13.0. The minimum Gasteiger partial charge on any atom is -0.450 e. The average molecular weight is 504 g/mol. The molecule has 2 aromatic carbocycles. The van der Waals surface area contributed by atoms with Crippen LogP contribution in [0.1, 0.15) is 39.6 Å². The van der Waals surface area contributed by atoms with E-state index in [1.54, 1.807) is 16.4 Å². The van der Waals surface area contributed by atoms with Crippen LogP contribution in [0.25, 0.3) is 10.2 Å². The second kappa shape index (κ2) is 9.78. The first-order valence-electron chi connectivity index (χ1n) is 12.2. The fourth-order valence-corrected chi connectivity index (χ4v) is 6.16. The number of ether oxygens (including phenoxy) is 1. The largest absolute Gasteiger partial charge is 0.450 e. The zero-order chi connectivity index (χ0) is 25.4. The number of fused-ring (bicyclic) bond motifs is 3. The van der Waals surface area contributed by atoms with Crippen molar-refractivity contribution in [2.24, 2.45) is 0 Å². The van der Waals surface area contributed by atoms with Gasteiger partial charge in [0.05, 0.1) is 31.6 Å². The Hall–Kier alpha value is -3.65. The van der Waals surface area contributed by atoms with Gasteiger partial charge in [-0.05, 0) is 49.4 Å². The maximum atomic E-state index is 13.8. The summed E-state index contributed by atoms with van der Waals surface area (Å²) in [5.74, 6) is 0. The second-order valence-electron chi connectivity index (χ2n) is 9.23. The molecule has 8 heteroatoms. The van der Waals surface area contributed by atoms with Crippen molar-refractivity contribution in [2.45, 2.75) is 46.8 Å². The van der Waals surface area contributed by atoms with Gasteiger partial charge in [-0.25, -0.2) is 9.59 Å². The van der Waals surface area contributed by atoms with Crippen molar-refractivity contribution in [2.75, 3.05) is 13.2 Å². The summed E-state index contributed by atoms with van der Waals surface area (Å²) in [5.41, 5.74) is 4.51. The number of hydrogen-bond donors (Lipinski definition) is 0. The van der Waals surface area contributed by atoms with Crippen molar-refractivity contribution in [1.82, 2.24) is 14.0 Å². The summed E-state index contributed by atoms with van der Waals surface area (Å²) in [7, 11) is 0. The molecule has 186 valence electrons. The van der Waals surface area contributed by atoms with Crippen molar-refractivity contribution in [3.05, 3.63) is 102 Å². The third-order valence-corrected chi connectivity index (χ3v) is 7.99. The first kappa shape index (κ1) is 24.1. The van der Waals surface area contributed by atoms with E-state index in [2.05, 4.69) is 18.2 Å². The molecule has 0 bridgehead atoms. The molecule has 7 nitrogen and oxygen atoms in total. The Morgan fingerprint density at radius 2 is 1.81 bits per heavy atom. The van der Waals surface area contributed by atoms with Gasteiger partial charge in [-0.3, -0.25) is 13.9 Å². The van der Waals surface area contributed by atoms with Gasteiger partial charge in [0.15, 0.2) is 0 Å². The predicted octanol–water partition coefficient (Wildman–Crippen LogP) is 4.45. The smallest absolute Gasteiger partial charge is 0.410 e. The van der Waals surface area contributed by atoms with Crippen molar-refractivity contribution in [3.8, 4) is 0 Å². The van der Waals surface area contributed by atoms with Gasteiger partial charge in [0.1, 0.15) is 4.83 Å². The number of rotatable bonds is 5. The van der Waals surface area contributed by atoms with Crippen LogP contribution in [0.2, 0.25) is 0 Å². The van der Waals surface area contributed by atoms with E-state index >= 15 is 0 Å². The zero-order valence-corrected chi connectivity index (χ0v) is 21.6. The van der Waals surface area contributed by atoms with Crippen LogP contribution in [0.5, 0.6) is 0 Å². The van der Waals surface area contributed by atoms with Crippen molar-refractivity contribution in [1.29, 1.82) is 0 Å². The molecular weight excluding hydrogens is 474 g/mol. The van der Waals surface area contributed by atoms with E-state index in [4.69, 9.17) is 4.74 Å². The fourth-order valence-electron chi connectivity index (χ4n) is 4.81. The van der Waals surface area contributed by atoms with Crippen LogP contribution >= 0.6 is 11.3 Å². The lowest BCUT2D eigenvalue weighted by Crippen LogP contribution is -2.41. The van der Waals surface area contributed by atoms with E-state index in [1.165, 1.54) is 15.9 Å². The summed E-state index contributed by atoms with van der Waals surface area (Å²) in [4.78, 5) is 43.2. The molecule has 2 aromatic heterocycles. The molecule has 0 saturated carbocycles. The van der Waals surface area contributed by atoms with E-state index < -0.39 is 0 Å². The van der Waals surface area contributed by atoms with Gasteiger partial charge < -0.3 is 9.64 Å². The Bertz CT molecular complexity index is 1570. The molecule has 1 amide bonds. The van der Waals surface area contributed by atoms with E-state index in [9.17, 15) is 14.4 Å². The Kier molecular flexibility index (Phi) is 6.53. The molecule has 0 fully saturated rings. The van der Waals surface area contributed by atoms with Crippen LogP contribution in [-0.2, 0) is 30.8 Å². The Labute approximate surface area is 213 Å². The monoisotopic (exact) mass is 503 g/mol. The van der Waals surface area contributed by atoms with Gasteiger partial charge in [0.2, 0.25) is 0 Å². The van der Waals surface area contributed by atoms with Gasteiger partial charge in [0.25, 0.3) is 5.56 Å². The first-order chi connectivity index (χ1) is 17.4. The third-order valence-electron chi connectivity index (χ3n) is 6.75.